The van der Waals surface area contributed by atoms with E-state index in [4.69, 9.17) is 25.8 Å². The smallest absolute Gasteiger partial charge is 0.238 e. The predicted molar refractivity (Wildman–Crippen MR) is 102 cm³/mol. The van der Waals surface area contributed by atoms with Crippen LogP contribution in [0, 0.1) is 5.82 Å². The molecule has 0 radical (unpaired) electrons. The van der Waals surface area contributed by atoms with Crippen molar-refractivity contribution in [1.82, 2.24) is 4.90 Å². The van der Waals surface area contributed by atoms with Gasteiger partial charge in [-0.2, -0.15) is 0 Å². The molecule has 0 heterocycles. The number of nitrogens with one attached hydrogen (secondary N) is 1. The maximum atomic E-state index is 13.9. The first kappa shape index (κ1) is 20.8. The van der Waals surface area contributed by atoms with Crippen molar-refractivity contribution in [3.05, 3.63) is 46.7 Å². The van der Waals surface area contributed by atoms with Crippen LogP contribution in [0.25, 0.3) is 0 Å². The van der Waals surface area contributed by atoms with E-state index in [1.807, 2.05) is 0 Å². The molecular weight excluding hydrogens is 375 g/mol. The molecule has 0 fully saturated rings. The lowest BCUT2D eigenvalue weighted by molar-refractivity contribution is -0.117. The van der Waals surface area contributed by atoms with Crippen LogP contribution in [0.5, 0.6) is 17.2 Å². The van der Waals surface area contributed by atoms with Crippen molar-refractivity contribution in [3.63, 3.8) is 0 Å². The Bertz CT molecular complexity index is 771. The second-order valence-electron chi connectivity index (χ2n) is 5.83. The normalized spacial score (nSPS) is 10.6. The molecular formula is C19H22ClFN2O4. The quantitative estimate of drug-likeness (QED) is 0.739. The molecule has 6 nitrogen and oxygen atoms in total. The lowest BCUT2D eigenvalue weighted by atomic mass is 10.2. The molecule has 0 bridgehead atoms. The first-order chi connectivity index (χ1) is 12.9. The maximum Gasteiger partial charge on any atom is 0.238 e. The number of carbonyl (C=O) groups excluding carboxylic acids is 1. The summed E-state index contributed by atoms with van der Waals surface area (Å²) >= 11 is 6.03. The molecule has 2 rings (SSSR count). The van der Waals surface area contributed by atoms with Crippen molar-refractivity contribution in [2.45, 2.75) is 6.54 Å². The third-order valence-corrected chi connectivity index (χ3v) is 4.21. The average Bonchev–Trinajstić information content (AvgIpc) is 2.63. The number of likely N-dealkylation sites (N-methyl/N-ethyl adjacent to an activating group) is 1. The molecule has 0 aliphatic heterocycles. The van der Waals surface area contributed by atoms with Crippen LogP contribution in [0.3, 0.4) is 0 Å². The van der Waals surface area contributed by atoms with E-state index in [0.717, 1.165) is 0 Å². The third-order valence-electron chi connectivity index (χ3n) is 3.85. The predicted octanol–water partition coefficient (Wildman–Crippen LogP) is 3.58. The third kappa shape index (κ3) is 5.24. The van der Waals surface area contributed by atoms with Crippen molar-refractivity contribution >= 4 is 23.2 Å². The van der Waals surface area contributed by atoms with Crippen molar-refractivity contribution < 1.29 is 23.4 Å². The Hall–Kier alpha value is -2.51. The zero-order valence-corrected chi connectivity index (χ0v) is 16.4. The number of amides is 1. The van der Waals surface area contributed by atoms with Gasteiger partial charge < -0.3 is 19.5 Å². The van der Waals surface area contributed by atoms with Crippen LogP contribution in [0.1, 0.15) is 5.56 Å². The molecule has 27 heavy (non-hydrogen) atoms. The van der Waals surface area contributed by atoms with E-state index in [-0.39, 0.29) is 19.0 Å². The molecule has 0 unspecified atom stereocenters. The Morgan fingerprint density at radius 1 is 1.15 bits per heavy atom. The van der Waals surface area contributed by atoms with Crippen molar-refractivity contribution in [3.8, 4) is 17.2 Å². The second-order valence-corrected chi connectivity index (χ2v) is 6.24. The van der Waals surface area contributed by atoms with E-state index < -0.39 is 5.82 Å². The average molecular weight is 397 g/mol. The summed E-state index contributed by atoms with van der Waals surface area (Å²) in [5, 5.41) is 3.09. The largest absolute Gasteiger partial charge is 0.493 e. The summed E-state index contributed by atoms with van der Waals surface area (Å²) in [6.45, 7) is 0.246. The van der Waals surface area contributed by atoms with Crippen molar-refractivity contribution in [2.24, 2.45) is 0 Å². The standard InChI is InChI=1S/C19H22ClFN2O4/c1-23(10-13-14(20)6-5-7-15(13)21)11-18(24)22-12-8-16(25-2)19(27-4)17(9-12)26-3/h5-9H,10-11H2,1-4H3,(H,22,24). The topological polar surface area (TPSA) is 60.0 Å². The van der Waals surface area contributed by atoms with Gasteiger partial charge in [-0.25, -0.2) is 4.39 Å². The molecule has 0 aliphatic rings. The van der Waals surface area contributed by atoms with Crippen molar-refractivity contribution in [2.75, 3.05) is 40.2 Å². The monoisotopic (exact) mass is 396 g/mol. The summed E-state index contributed by atoms with van der Waals surface area (Å²) in [6.07, 6.45) is 0. The van der Waals surface area contributed by atoms with Crippen LogP contribution < -0.4 is 19.5 Å². The number of methoxy groups -OCH3 is 3. The molecule has 1 amide bonds. The van der Waals surface area contributed by atoms with E-state index in [1.54, 1.807) is 36.2 Å². The van der Waals surface area contributed by atoms with Gasteiger partial charge in [0.25, 0.3) is 0 Å². The molecule has 0 atom stereocenters. The summed E-state index contributed by atoms with van der Waals surface area (Å²) in [4.78, 5) is 14.0. The first-order valence-corrected chi connectivity index (χ1v) is 8.48. The highest BCUT2D eigenvalue weighted by Gasteiger charge is 2.16. The first-order valence-electron chi connectivity index (χ1n) is 8.10. The van der Waals surface area contributed by atoms with Crippen molar-refractivity contribution in [1.29, 1.82) is 0 Å². The SMILES string of the molecule is COc1cc(NC(=O)CN(C)Cc2c(F)cccc2Cl)cc(OC)c1OC. The highest BCUT2D eigenvalue weighted by Crippen LogP contribution is 2.39. The van der Waals surface area contributed by atoms with Crippen LogP contribution in [-0.4, -0.2) is 45.7 Å². The zero-order valence-electron chi connectivity index (χ0n) is 15.6. The zero-order chi connectivity index (χ0) is 20.0. The number of hydrogen-bond acceptors (Lipinski definition) is 5. The molecule has 146 valence electrons. The van der Waals surface area contributed by atoms with Gasteiger partial charge in [-0.1, -0.05) is 17.7 Å². The number of hydrogen-bond donors (Lipinski definition) is 1. The van der Waals surface area contributed by atoms with Gasteiger partial charge >= 0.3 is 0 Å². The fourth-order valence-electron chi connectivity index (χ4n) is 2.61. The Morgan fingerprint density at radius 2 is 1.78 bits per heavy atom. The van der Waals surface area contributed by atoms with Crippen LogP contribution in [0.4, 0.5) is 10.1 Å². The summed E-state index contributed by atoms with van der Waals surface area (Å²) in [5.74, 6) is 0.611. The van der Waals surface area contributed by atoms with Crippen LogP contribution in [-0.2, 0) is 11.3 Å². The number of benzene rings is 2. The Balaban J connectivity index is 2.07. The molecule has 8 heteroatoms. The van der Waals surface area contributed by atoms with E-state index in [0.29, 0.717) is 33.5 Å². The van der Waals surface area contributed by atoms with Gasteiger partial charge in [-0.15, -0.1) is 0 Å². The second kappa shape index (κ2) is 9.43. The van der Waals surface area contributed by atoms with E-state index >= 15 is 0 Å². The van der Waals surface area contributed by atoms with E-state index in [2.05, 4.69) is 5.32 Å². The highest BCUT2D eigenvalue weighted by atomic mass is 35.5. The minimum absolute atomic E-state index is 0.0430. The fraction of sp³-hybridized carbons (Fsp3) is 0.316. The Labute approximate surface area is 162 Å². The number of ether oxygens (including phenoxy) is 3. The summed E-state index contributed by atoms with van der Waals surface area (Å²) in [6, 6.07) is 7.76. The highest BCUT2D eigenvalue weighted by molar-refractivity contribution is 6.31. The van der Waals surface area contributed by atoms with Gasteiger partial charge in [0.2, 0.25) is 11.7 Å². The van der Waals surface area contributed by atoms with Crippen LogP contribution in [0.2, 0.25) is 5.02 Å². The summed E-state index contributed by atoms with van der Waals surface area (Å²) in [5.41, 5.74) is 0.842. The van der Waals surface area contributed by atoms with Gasteiger partial charge in [0.05, 0.1) is 27.9 Å². The number of rotatable bonds is 8. The fourth-order valence-corrected chi connectivity index (χ4v) is 2.83. The maximum absolute atomic E-state index is 13.9. The van der Waals surface area contributed by atoms with E-state index in [9.17, 15) is 9.18 Å². The molecule has 0 saturated heterocycles. The molecule has 0 aliphatic carbocycles. The van der Waals surface area contributed by atoms with Gasteiger partial charge in [0.1, 0.15) is 5.82 Å². The molecule has 0 aromatic heterocycles. The summed E-state index contributed by atoms with van der Waals surface area (Å²) in [7, 11) is 6.20. The minimum Gasteiger partial charge on any atom is -0.493 e. The Kier molecular flexibility index (Phi) is 7.27. The molecule has 1 N–H and O–H groups in total. The number of halogens is 2. The van der Waals surface area contributed by atoms with Crippen LogP contribution in [0.15, 0.2) is 30.3 Å². The molecule has 0 saturated carbocycles. The number of anilines is 1. The molecule has 2 aromatic carbocycles. The van der Waals surface area contributed by atoms with E-state index in [1.165, 1.54) is 27.4 Å². The lowest BCUT2D eigenvalue weighted by Gasteiger charge is -2.18. The van der Waals surface area contributed by atoms with Gasteiger partial charge in [-0.3, -0.25) is 9.69 Å². The lowest BCUT2D eigenvalue weighted by Crippen LogP contribution is -2.30. The summed E-state index contributed by atoms with van der Waals surface area (Å²) < 4.78 is 29.7. The minimum atomic E-state index is -0.403. The van der Waals surface area contributed by atoms with Gasteiger partial charge in [0, 0.05) is 35.0 Å². The number of nitrogens with zero attached hydrogens (tertiary/aromatic N) is 1. The van der Waals surface area contributed by atoms with Gasteiger partial charge in [0.15, 0.2) is 11.5 Å². The Morgan fingerprint density at radius 3 is 2.30 bits per heavy atom. The molecule has 0 spiro atoms. The molecule has 2 aromatic rings. The number of carbonyl (C=O) groups is 1. The van der Waals surface area contributed by atoms with Gasteiger partial charge in [-0.05, 0) is 19.2 Å². The van der Waals surface area contributed by atoms with Crippen LogP contribution >= 0.6 is 11.6 Å².